The van der Waals surface area contributed by atoms with Crippen LogP contribution in [0.2, 0.25) is 0 Å². The number of likely N-dealkylation sites (N-methyl/N-ethyl adjacent to an activating group) is 1. The van der Waals surface area contributed by atoms with Crippen LogP contribution >= 0.6 is 0 Å². The van der Waals surface area contributed by atoms with Gasteiger partial charge >= 0.3 is 0 Å². The van der Waals surface area contributed by atoms with Crippen molar-refractivity contribution in [1.82, 2.24) is 14.9 Å². The minimum atomic E-state index is -3.85. The van der Waals surface area contributed by atoms with Gasteiger partial charge in [0.15, 0.2) is 0 Å². The van der Waals surface area contributed by atoms with E-state index >= 15 is 0 Å². The predicted molar refractivity (Wildman–Crippen MR) is 85.8 cm³/mol. The summed E-state index contributed by atoms with van der Waals surface area (Å²) >= 11 is 0. The lowest BCUT2D eigenvalue weighted by Gasteiger charge is -2.13. The molecule has 2 amide bonds. The highest BCUT2D eigenvalue weighted by atomic mass is 32.2. The summed E-state index contributed by atoms with van der Waals surface area (Å²) < 4.78 is 25.4. The SMILES string of the molecule is CCN[C@H](C)CNC(=O)c1ccc2c(c1)S(=O)(=O)N(CC)C2=O. The molecule has 8 heteroatoms. The van der Waals surface area contributed by atoms with Crippen LogP contribution in [0.1, 0.15) is 41.5 Å². The van der Waals surface area contributed by atoms with Crippen molar-refractivity contribution in [2.45, 2.75) is 31.7 Å². The Bertz CT molecular complexity index is 730. The van der Waals surface area contributed by atoms with Gasteiger partial charge in [0.05, 0.1) is 5.56 Å². The normalized spacial score (nSPS) is 17.0. The van der Waals surface area contributed by atoms with Crippen molar-refractivity contribution in [2.75, 3.05) is 19.6 Å². The number of nitrogens with zero attached hydrogens (tertiary/aromatic N) is 1. The Labute approximate surface area is 136 Å². The van der Waals surface area contributed by atoms with Crippen LogP contribution in [0.25, 0.3) is 0 Å². The number of nitrogens with one attached hydrogen (secondary N) is 2. The molecule has 1 aromatic rings. The molecule has 0 fully saturated rings. The van der Waals surface area contributed by atoms with E-state index in [1.54, 1.807) is 6.92 Å². The molecular weight excluding hydrogens is 318 g/mol. The fourth-order valence-corrected chi connectivity index (χ4v) is 4.10. The quantitative estimate of drug-likeness (QED) is 0.790. The number of amides is 2. The van der Waals surface area contributed by atoms with Gasteiger partial charge in [-0.1, -0.05) is 6.92 Å². The Morgan fingerprint density at radius 3 is 2.61 bits per heavy atom. The second-order valence-electron chi connectivity index (χ2n) is 5.35. The van der Waals surface area contributed by atoms with Crippen LogP contribution in [0.4, 0.5) is 0 Å². The summed E-state index contributed by atoms with van der Waals surface area (Å²) in [7, 11) is -3.85. The molecule has 23 heavy (non-hydrogen) atoms. The van der Waals surface area contributed by atoms with Crippen molar-refractivity contribution >= 4 is 21.8 Å². The maximum Gasteiger partial charge on any atom is 0.268 e. The molecule has 126 valence electrons. The Kier molecular flexibility index (Phi) is 5.06. The van der Waals surface area contributed by atoms with Gasteiger partial charge < -0.3 is 10.6 Å². The summed E-state index contributed by atoms with van der Waals surface area (Å²) in [5.41, 5.74) is 0.339. The van der Waals surface area contributed by atoms with Gasteiger partial charge in [0, 0.05) is 24.7 Å². The van der Waals surface area contributed by atoms with E-state index in [0.717, 1.165) is 10.8 Å². The number of benzene rings is 1. The maximum atomic E-state index is 12.3. The summed E-state index contributed by atoms with van der Waals surface area (Å²) in [6, 6.07) is 4.25. The summed E-state index contributed by atoms with van der Waals surface area (Å²) in [6.45, 7) is 6.79. The molecule has 0 unspecified atom stereocenters. The topological polar surface area (TPSA) is 95.6 Å². The van der Waals surface area contributed by atoms with Crippen LogP contribution in [0.15, 0.2) is 23.1 Å². The molecule has 2 rings (SSSR count). The minimum Gasteiger partial charge on any atom is -0.350 e. The number of sulfonamides is 1. The van der Waals surface area contributed by atoms with Crippen molar-refractivity contribution in [3.05, 3.63) is 29.3 Å². The molecule has 0 radical (unpaired) electrons. The molecule has 0 aliphatic carbocycles. The first-order chi connectivity index (χ1) is 10.8. The molecule has 1 heterocycles. The van der Waals surface area contributed by atoms with Gasteiger partial charge in [-0.2, -0.15) is 0 Å². The van der Waals surface area contributed by atoms with Gasteiger partial charge in [0.2, 0.25) is 0 Å². The van der Waals surface area contributed by atoms with E-state index in [4.69, 9.17) is 0 Å². The van der Waals surface area contributed by atoms with Crippen LogP contribution in [-0.4, -0.2) is 50.2 Å². The number of hydrogen-bond donors (Lipinski definition) is 2. The molecular formula is C15H21N3O4S. The first-order valence-corrected chi connectivity index (χ1v) is 8.99. The highest BCUT2D eigenvalue weighted by molar-refractivity contribution is 7.90. The average Bonchev–Trinajstić information content (AvgIpc) is 2.71. The van der Waals surface area contributed by atoms with Crippen molar-refractivity contribution < 1.29 is 18.0 Å². The molecule has 1 aliphatic rings. The summed E-state index contributed by atoms with van der Waals surface area (Å²) in [5, 5.41) is 5.91. The van der Waals surface area contributed by atoms with Crippen LogP contribution in [0.3, 0.4) is 0 Å². The zero-order valence-electron chi connectivity index (χ0n) is 13.4. The van der Waals surface area contributed by atoms with E-state index in [1.165, 1.54) is 18.2 Å². The highest BCUT2D eigenvalue weighted by Crippen LogP contribution is 2.30. The third kappa shape index (κ3) is 3.23. The molecule has 0 aromatic heterocycles. The largest absolute Gasteiger partial charge is 0.350 e. The zero-order chi connectivity index (χ0) is 17.2. The number of hydrogen-bond acceptors (Lipinski definition) is 5. The molecule has 0 saturated carbocycles. The van der Waals surface area contributed by atoms with Gasteiger partial charge in [-0.05, 0) is 38.6 Å². The highest BCUT2D eigenvalue weighted by Gasteiger charge is 2.40. The average molecular weight is 339 g/mol. The van der Waals surface area contributed by atoms with Crippen molar-refractivity contribution in [1.29, 1.82) is 0 Å². The molecule has 7 nitrogen and oxygen atoms in total. The predicted octanol–water partition coefficient (Wildman–Crippen LogP) is 0.579. The van der Waals surface area contributed by atoms with Crippen LogP contribution in [0, 0.1) is 0 Å². The molecule has 0 bridgehead atoms. The summed E-state index contributed by atoms with van der Waals surface area (Å²) in [6.07, 6.45) is 0. The molecule has 0 spiro atoms. The van der Waals surface area contributed by atoms with Gasteiger partial charge in [-0.25, -0.2) is 12.7 Å². The van der Waals surface area contributed by atoms with Crippen molar-refractivity contribution in [2.24, 2.45) is 0 Å². The van der Waals surface area contributed by atoms with E-state index in [0.29, 0.717) is 6.54 Å². The summed E-state index contributed by atoms with van der Waals surface area (Å²) in [4.78, 5) is 24.1. The van der Waals surface area contributed by atoms with Gasteiger partial charge in [0.1, 0.15) is 4.90 Å². The van der Waals surface area contributed by atoms with Crippen molar-refractivity contribution in [3.8, 4) is 0 Å². The van der Waals surface area contributed by atoms with E-state index in [2.05, 4.69) is 10.6 Å². The number of rotatable bonds is 6. The van der Waals surface area contributed by atoms with Crippen molar-refractivity contribution in [3.63, 3.8) is 0 Å². The van der Waals surface area contributed by atoms with Crippen LogP contribution in [0.5, 0.6) is 0 Å². The molecule has 1 aromatic carbocycles. The van der Waals surface area contributed by atoms with E-state index in [-0.39, 0.29) is 34.5 Å². The number of carbonyl (C=O) groups is 2. The number of carbonyl (C=O) groups excluding carboxylic acids is 2. The molecule has 1 atom stereocenters. The molecule has 0 saturated heterocycles. The fourth-order valence-electron chi connectivity index (χ4n) is 2.50. The lowest BCUT2D eigenvalue weighted by Crippen LogP contribution is -2.38. The Balaban J connectivity index is 2.23. The second-order valence-corrected chi connectivity index (χ2v) is 7.19. The maximum absolute atomic E-state index is 12.3. The van der Waals surface area contributed by atoms with E-state index < -0.39 is 15.9 Å². The van der Waals surface area contributed by atoms with Crippen LogP contribution < -0.4 is 10.6 Å². The fraction of sp³-hybridized carbons (Fsp3) is 0.467. The summed E-state index contributed by atoms with van der Waals surface area (Å²) in [5.74, 6) is -0.912. The number of fused-ring (bicyclic) bond motifs is 1. The Morgan fingerprint density at radius 1 is 1.30 bits per heavy atom. The second kappa shape index (κ2) is 6.67. The first kappa shape index (κ1) is 17.4. The third-order valence-electron chi connectivity index (χ3n) is 3.68. The standard InChI is InChI=1S/C15H21N3O4S/c1-4-16-10(3)9-17-14(19)11-6-7-12-13(8-11)23(21,22)18(5-2)15(12)20/h6-8,10,16H,4-5,9H2,1-3H3,(H,17,19)/t10-/m1/s1. The Morgan fingerprint density at radius 2 is 2.00 bits per heavy atom. The molecule has 1 aliphatic heterocycles. The lowest BCUT2D eigenvalue weighted by molar-refractivity contribution is 0.0874. The van der Waals surface area contributed by atoms with Crippen LogP contribution in [-0.2, 0) is 10.0 Å². The zero-order valence-corrected chi connectivity index (χ0v) is 14.2. The molecule has 2 N–H and O–H groups in total. The van der Waals surface area contributed by atoms with Gasteiger partial charge in [-0.15, -0.1) is 0 Å². The Hall–Kier alpha value is -1.93. The van der Waals surface area contributed by atoms with Gasteiger partial charge in [0.25, 0.3) is 21.8 Å². The van der Waals surface area contributed by atoms with E-state index in [9.17, 15) is 18.0 Å². The third-order valence-corrected chi connectivity index (χ3v) is 5.58. The first-order valence-electron chi connectivity index (χ1n) is 7.55. The van der Waals surface area contributed by atoms with Gasteiger partial charge in [-0.3, -0.25) is 9.59 Å². The monoisotopic (exact) mass is 339 g/mol. The lowest BCUT2D eigenvalue weighted by atomic mass is 10.1. The minimum absolute atomic E-state index is 0.0670. The van der Waals surface area contributed by atoms with E-state index in [1.807, 2.05) is 13.8 Å². The smallest absolute Gasteiger partial charge is 0.268 e.